The molecule has 0 spiro atoms. The molecule has 0 radical (unpaired) electrons. The Hall–Kier alpha value is -0.0800. The molecule has 120 valence electrons. The van der Waals surface area contributed by atoms with E-state index in [1.807, 2.05) is 0 Å². The minimum atomic E-state index is 0.403. The van der Waals surface area contributed by atoms with Gasteiger partial charge in [0.05, 0.1) is 0 Å². The number of hydrogen-bond acceptors (Lipinski definition) is 2. The SMILES string of the molecule is CCC1CCC(N(C)CC(C)(CC)CNC(C)C)CC1. The van der Waals surface area contributed by atoms with Gasteiger partial charge in [0.25, 0.3) is 0 Å². The Balaban J connectivity index is 2.44. The van der Waals surface area contributed by atoms with Gasteiger partial charge in [0, 0.05) is 25.2 Å². The summed E-state index contributed by atoms with van der Waals surface area (Å²) in [4.78, 5) is 2.65. The first-order valence-electron chi connectivity index (χ1n) is 8.83. The molecule has 1 atom stereocenters. The molecule has 0 heterocycles. The first-order valence-corrected chi connectivity index (χ1v) is 8.83. The van der Waals surface area contributed by atoms with Gasteiger partial charge in [0.1, 0.15) is 0 Å². The highest BCUT2D eigenvalue weighted by atomic mass is 15.1. The Morgan fingerprint density at radius 3 is 2.20 bits per heavy atom. The van der Waals surface area contributed by atoms with Crippen molar-refractivity contribution in [2.24, 2.45) is 11.3 Å². The molecule has 0 bridgehead atoms. The van der Waals surface area contributed by atoms with E-state index in [1.165, 1.54) is 45.1 Å². The van der Waals surface area contributed by atoms with E-state index in [4.69, 9.17) is 0 Å². The Morgan fingerprint density at radius 1 is 1.15 bits per heavy atom. The second kappa shape index (κ2) is 8.38. The highest BCUT2D eigenvalue weighted by Gasteiger charge is 2.29. The number of hydrogen-bond donors (Lipinski definition) is 1. The molecule has 0 aromatic rings. The Kier molecular flexibility index (Phi) is 7.53. The lowest BCUT2D eigenvalue weighted by Crippen LogP contribution is -2.46. The second-order valence-electron chi connectivity index (χ2n) is 7.70. The Bertz CT molecular complexity index is 256. The summed E-state index contributed by atoms with van der Waals surface area (Å²) in [7, 11) is 2.35. The van der Waals surface area contributed by atoms with E-state index in [2.05, 4.69) is 51.9 Å². The van der Waals surface area contributed by atoms with Crippen LogP contribution in [0.1, 0.15) is 73.1 Å². The molecule has 0 aliphatic heterocycles. The normalized spacial score (nSPS) is 27.0. The molecule has 1 rings (SSSR count). The molecule has 0 amide bonds. The van der Waals surface area contributed by atoms with Crippen molar-refractivity contribution >= 4 is 0 Å². The van der Waals surface area contributed by atoms with Crippen molar-refractivity contribution in [3.05, 3.63) is 0 Å². The van der Waals surface area contributed by atoms with E-state index in [1.54, 1.807) is 0 Å². The molecule has 0 aromatic carbocycles. The summed E-state index contributed by atoms with van der Waals surface area (Å²) in [6, 6.07) is 1.41. The van der Waals surface area contributed by atoms with Crippen LogP contribution < -0.4 is 5.32 Å². The summed E-state index contributed by atoms with van der Waals surface area (Å²) in [5.74, 6) is 1.000. The maximum Gasteiger partial charge on any atom is 0.00926 e. The van der Waals surface area contributed by atoms with E-state index < -0.39 is 0 Å². The van der Waals surface area contributed by atoms with Crippen LogP contribution in [0.25, 0.3) is 0 Å². The maximum absolute atomic E-state index is 3.63. The predicted octanol–water partition coefficient (Wildman–Crippen LogP) is 4.30. The van der Waals surface area contributed by atoms with Crippen LogP contribution in [0.4, 0.5) is 0 Å². The lowest BCUT2D eigenvalue weighted by atomic mass is 9.82. The fourth-order valence-corrected chi connectivity index (χ4v) is 3.47. The zero-order valence-electron chi connectivity index (χ0n) is 14.8. The first-order chi connectivity index (χ1) is 9.40. The van der Waals surface area contributed by atoms with Crippen LogP contribution in [-0.2, 0) is 0 Å². The third-order valence-electron chi connectivity index (χ3n) is 5.44. The fraction of sp³-hybridized carbons (Fsp3) is 1.00. The summed E-state index contributed by atoms with van der Waals surface area (Å²) in [5.41, 5.74) is 0.403. The van der Waals surface area contributed by atoms with Gasteiger partial charge >= 0.3 is 0 Å². The third kappa shape index (κ3) is 5.73. The molecule has 1 saturated carbocycles. The molecular formula is C18H38N2. The van der Waals surface area contributed by atoms with Crippen LogP contribution >= 0.6 is 0 Å². The Labute approximate surface area is 127 Å². The lowest BCUT2D eigenvalue weighted by molar-refractivity contribution is 0.104. The van der Waals surface area contributed by atoms with Crippen LogP contribution in [-0.4, -0.2) is 37.1 Å². The molecule has 1 fully saturated rings. The summed E-state index contributed by atoms with van der Waals surface area (Å²) < 4.78 is 0. The predicted molar refractivity (Wildman–Crippen MR) is 90.2 cm³/mol. The van der Waals surface area contributed by atoms with Gasteiger partial charge in [-0.2, -0.15) is 0 Å². The summed E-state index contributed by atoms with van der Waals surface area (Å²) in [6.07, 6.45) is 8.33. The van der Waals surface area contributed by atoms with Gasteiger partial charge in [-0.25, -0.2) is 0 Å². The van der Waals surface area contributed by atoms with Crippen molar-refractivity contribution in [1.82, 2.24) is 10.2 Å². The topological polar surface area (TPSA) is 15.3 Å². The highest BCUT2D eigenvalue weighted by Crippen LogP contribution is 2.31. The molecule has 2 heteroatoms. The van der Waals surface area contributed by atoms with Gasteiger partial charge < -0.3 is 10.2 Å². The van der Waals surface area contributed by atoms with Crippen molar-refractivity contribution in [3.63, 3.8) is 0 Å². The molecule has 20 heavy (non-hydrogen) atoms. The van der Waals surface area contributed by atoms with Gasteiger partial charge in [-0.1, -0.05) is 41.0 Å². The minimum absolute atomic E-state index is 0.403. The van der Waals surface area contributed by atoms with Gasteiger partial charge in [-0.3, -0.25) is 0 Å². The molecule has 0 saturated heterocycles. The smallest absolute Gasteiger partial charge is 0.00926 e. The van der Waals surface area contributed by atoms with Gasteiger partial charge in [-0.05, 0) is 50.5 Å². The molecule has 0 aromatic heterocycles. The molecule has 2 nitrogen and oxygen atoms in total. The third-order valence-corrected chi connectivity index (χ3v) is 5.44. The van der Waals surface area contributed by atoms with Crippen LogP contribution in [0.5, 0.6) is 0 Å². The summed E-state index contributed by atoms with van der Waals surface area (Å²) >= 11 is 0. The molecule has 1 unspecified atom stereocenters. The van der Waals surface area contributed by atoms with Gasteiger partial charge in [-0.15, -0.1) is 0 Å². The molecular weight excluding hydrogens is 244 g/mol. The van der Waals surface area contributed by atoms with Crippen molar-refractivity contribution in [2.45, 2.75) is 85.2 Å². The average Bonchev–Trinajstić information content (AvgIpc) is 2.45. The minimum Gasteiger partial charge on any atom is -0.314 e. The first kappa shape index (κ1) is 18.0. The van der Waals surface area contributed by atoms with E-state index in [9.17, 15) is 0 Å². The zero-order chi connectivity index (χ0) is 15.2. The van der Waals surface area contributed by atoms with Gasteiger partial charge in [0.2, 0.25) is 0 Å². The van der Waals surface area contributed by atoms with Crippen molar-refractivity contribution in [2.75, 3.05) is 20.1 Å². The molecule has 1 aliphatic carbocycles. The summed E-state index contributed by atoms with van der Waals surface area (Å²) in [6.45, 7) is 14.0. The second-order valence-corrected chi connectivity index (χ2v) is 7.70. The molecule has 1 N–H and O–H groups in total. The number of nitrogens with one attached hydrogen (secondary N) is 1. The van der Waals surface area contributed by atoms with Crippen LogP contribution in [0.2, 0.25) is 0 Å². The Morgan fingerprint density at radius 2 is 1.75 bits per heavy atom. The standard InChI is InChI=1S/C18H38N2/c1-7-16-9-11-17(12-10-16)20(6)14-18(5,8-2)13-19-15(3)4/h15-17,19H,7-14H2,1-6H3. The van der Waals surface area contributed by atoms with Crippen molar-refractivity contribution in [3.8, 4) is 0 Å². The number of rotatable bonds is 8. The van der Waals surface area contributed by atoms with E-state index in [-0.39, 0.29) is 0 Å². The highest BCUT2D eigenvalue weighted by molar-refractivity contribution is 4.84. The fourth-order valence-electron chi connectivity index (χ4n) is 3.47. The average molecular weight is 283 g/mol. The van der Waals surface area contributed by atoms with Crippen LogP contribution in [0, 0.1) is 11.3 Å². The zero-order valence-corrected chi connectivity index (χ0v) is 14.8. The lowest BCUT2D eigenvalue weighted by Gasteiger charge is -2.40. The van der Waals surface area contributed by atoms with Crippen molar-refractivity contribution in [1.29, 1.82) is 0 Å². The monoisotopic (exact) mass is 282 g/mol. The van der Waals surface area contributed by atoms with Crippen molar-refractivity contribution < 1.29 is 0 Å². The van der Waals surface area contributed by atoms with Crippen LogP contribution in [0.15, 0.2) is 0 Å². The van der Waals surface area contributed by atoms with Crippen LogP contribution in [0.3, 0.4) is 0 Å². The maximum atomic E-state index is 3.63. The largest absolute Gasteiger partial charge is 0.314 e. The number of nitrogens with zero attached hydrogens (tertiary/aromatic N) is 1. The summed E-state index contributed by atoms with van der Waals surface area (Å²) in [5, 5.41) is 3.63. The van der Waals surface area contributed by atoms with E-state index >= 15 is 0 Å². The quantitative estimate of drug-likeness (QED) is 0.714. The van der Waals surface area contributed by atoms with Gasteiger partial charge in [0.15, 0.2) is 0 Å². The van der Waals surface area contributed by atoms with E-state index in [0.29, 0.717) is 11.5 Å². The van der Waals surface area contributed by atoms with E-state index in [0.717, 1.165) is 18.5 Å². The molecule has 1 aliphatic rings.